The number of amides is 1. The van der Waals surface area contributed by atoms with E-state index in [1.165, 1.54) is 18.2 Å². The second-order valence-corrected chi connectivity index (χ2v) is 9.99. The molecule has 0 fully saturated rings. The summed E-state index contributed by atoms with van der Waals surface area (Å²) in [5, 5.41) is 2.79. The van der Waals surface area contributed by atoms with Crippen LogP contribution in [0, 0.1) is 0 Å². The van der Waals surface area contributed by atoms with Crippen molar-refractivity contribution in [2.45, 2.75) is 11.8 Å². The minimum absolute atomic E-state index is 0.0418. The molecule has 196 valence electrons. The summed E-state index contributed by atoms with van der Waals surface area (Å²) < 4.78 is 44.8. The van der Waals surface area contributed by atoms with Crippen LogP contribution in [0.1, 0.15) is 6.92 Å². The summed E-state index contributed by atoms with van der Waals surface area (Å²) in [5.41, 5.74) is 0.843. The highest BCUT2D eigenvalue weighted by Gasteiger charge is 2.17. The Hall–Kier alpha value is -4.21. The van der Waals surface area contributed by atoms with Crippen molar-refractivity contribution < 1.29 is 27.4 Å². The van der Waals surface area contributed by atoms with Gasteiger partial charge in [-0.25, -0.2) is 8.42 Å². The fraction of sp³-hybridized carbons (Fsp3) is 0.107. The molecule has 4 rings (SSSR count). The summed E-state index contributed by atoms with van der Waals surface area (Å²) in [4.78, 5) is 12.5. The van der Waals surface area contributed by atoms with Gasteiger partial charge in [-0.2, -0.15) is 0 Å². The normalized spacial score (nSPS) is 10.9. The number of hydrogen-bond acceptors (Lipinski definition) is 6. The zero-order valence-electron chi connectivity index (χ0n) is 20.4. The van der Waals surface area contributed by atoms with E-state index in [0.29, 0.717) is 35.2 Å². The Morgan fingerprint density at radius 2 is 1.53 bits per heavy atom. The lowest BCUT2D eigenvalue weighted by Crippen LogP contribution is -2.20. The number of sulfonamides is 1. The SMILES string of the molecule is CCOc1ccc(NS(=O)(=O)c2ccc(OCC(=O)Nc3ccccc3Oc3ccccc3)c(Cl)c2)cc1. The van der Waals surface area contributed by atoms with Crippen molar-refractivity contribution in [2.24, 2.45) is 0 Å². The van der Waals surface area contributed by atoms with Crippen molar-refractivity contribution in [1.82, 2.24) is 0 Å². The van der Waals surface area contributed by atoms with Crippen molar-refractivity contribution in [3.63, 3.8) is 0 Å². The predicted octanol–water partition coefficient (Wildman–Crippen LogP) is 6.35. The molecule has 4 aromatic carbocycles. The van der Waals surface area contributed by atoms with Crippen LogP contribution < -0.4 is 24.2 Å². The van der Waals surface area contributed by atoms with E-state index in [-0.39, 0.29) is 22.3 Å². The molecule has 0 bridgehead atoms. The van der Waals surface area contributed by atoms with E-state index < -0.39 is 15.9 Å². The molecule has 0 radical (unpaired) electrons. The molecule has 0 aliphatic carbocycles. The zero-order valence-corrected chi connectivity index (χ0v) is 22.0. The molecule has 0 aliphatic rings. The molecule has 0 spiro atoms. The number of ether oxygens (including phenoxy) is 3. The van der Waals surface area contributed by atoms with Crippen LogP contribution in [-0.2, 0) is 14.8 Å². The van der Waals surface area contributed by atoms with Gasteiger partial charge in [0, 0.05) is 5.69 Å². The number of rotatable bonds is 11. The van der Waals surface area contributed by atoms with Crippen LogP contribution in [0.3, 0.4) is 0 Å². The van der Waals surface area contributed by atoms with Crippen molar-refractivity contribution in [3.05, 3.63) is 102 Å². The third-order valence-electron chi connectivity index (χ3n) is 5.12. The van der Waals surface area contributed by atoms with E-state index in [0.717, 1.165) is 0 Å². The molecule has 38 heavy (non-hydrogen) atoms. The summed E-state index contributed by atoms with van der Waals surface area (Å²) in [6.07, 6.45) is 0. The maximum atomic E-state index is 12.8. The molecule has 8 nitrogen and oxygen atoms in total. The first-order valence-corrected chi connectivity index (χ1v) is 13.5. The van der Waals surface area contributed by atoms with E-state index in [1.807, 2.05) is 25.1 Å². The molecule has 4 aromatic rings. The molecule has 0 aliphatic heterocycles. The second kappa shape index (κ2) is 12.4. The molecule has 0 unspecified atom stereocenters. The molecule has 10 heteroatoms. The van der Waals surface area contributed by atoms with Crippen molar-refractivity contribution >= 4 is 38.9 Å². The average molecular weight is 553 g/mol. The van der Waals surface area contributed by atoms with Crippen molar-refractivity contribution in [1.29, 1.82) is 0 Å². The second-order valence-electron chi connectivity index (χ2n) is 7.90. The maximum absolute atomic E-state index is 12.8. The lowest BCUT2D eigenvalue weighted by molar-refractivity contribution is -0.118. The summed E-state index contributed by atoms with van der Waals surface area (Å²) in [6, 6.07) is 26.7. The Kier molecular flexibility index (Phi) is 8.73. The highest BCUT2D eigenvalue weighted by atomic mass is 35.5. The Balaban J connectivity index is 1.37. The number of nitrogens with one attached hydrogen (secondary N) is 2. The fourth-order valence-electron chi connectivity index (χ4n) is 3.37. The molecule has 0 atom stereocenters. The van der Waals surface area contributed by atoms with E-state index in [1.54, 1.807) is 60.7 Å². The number of halogens is 1. The molecular formula is C28H25ClN2O6S. The highest BCUT2D eigenvalue weighted by Crippen LogP contribution is 2.30. The van der Waals surface area contributed by atoms with Crippen molar-refractivity contribution in [3.8, 4) is 23.0 Å². The van der Waals surface area contributed by atoms with Crippen LogP contribution in [0.5, 0.6) is 23.0 Å². The third kappa shape index (κ3) is 7.18. The molecule has 0 heterocycles. The minimum atomic E-state index is -3.90. The van der Waals surface area contributed by atoms with Gasteiger partial charge in [-0.05, 0) is 73.7 Å². The van der Waals surface area contributed by atoms with Gasteiger partial charge in [0.15, 0.2) is 12.4 Å². The lowest BCUT2D eigenvalue weighted by Gasteiger charge is -2.13. The van der Waals surface area contributed by atoms with Gasteiger partial charge in [-0.1, -0.05) is 41.9 Å². The Morgan fingerprint density at radius 3 is 2.24 bits per heavy atom. The van der Waals surface area contributed by atoms with Crippen LogP contribution >= 0.6 is 11.6 Å². The van der Waals surface area contributed by atoms with Gasteiger partial charge < -0.3 is 19.5 Å². The summed E-state index contributed by atoms with van der Waals surface area (Å²) >= 11 is 6.27. The van der Waals surface area contributed by atoms with Crippen LogP contribution in [-0.4, -0.2) is 27.5 Å². The number of anilines is 2. The summed E-state index contributed by atoms with van der Waals surface area (Å²) in [6.45, 7) is 2.02. The van der Waals surface area contributed by atoms with E-state index in [2.05, 4.69) is 10.0 Å². The first-order chi connectivity index (χ1) is 18.3. The predicted molar refractivity (Wildman–Crippen MR) is 147 cm³/mol. The van der Waals surface area contributed by atoms with Crippen molar-refractivity contribution in [2.75, 3.05) is 23.3 Å². The number of hydrogen-bond donors (Lipinski definition) is 2. The van der Waals surface area contributed by atoms with Gasteiger partial charge in [0.25, 0.3) is 15.9 Å². The lowest BCUT2D eigenvalue weighted by atomic mass is 10.3. The molecule has 0 saturated carbocycles. The fourth-order valence-corrected chi connectivity index (χ4v) is 4.75. The monoisotopic (exact) mass is 552 g/mol. The molecule has 0 aromatic heterocycles. The molecule has 0 saturated heterocycles. The quantitative estimate of drug-likeness (QED) is 0.225. The van der Waals surface area contributed by atoms with Gasteiger partial charge in [-0.15, -0.1) is 0 Å². The molecule has 1 amide bonds. The largest absolute Gasteiger partial charge is 0.494 e. The number of benzene rings is 4. The van der Waals surface area contributed by atoms with Crippen LogP contribution in [0.2, 0.25) is 5.02 Å². The van der Waals surface area contributed by atoms with Gasteiger partial charge in [0.2, 0.25) is 0 Å². The Bertz CT molecular complexity index is 1500. The first-order valence-electron chi connectivity index (χ1n) is 11.6. The maximum Gasteiger partial charge on any atom is 0.262 e. The number of carbonyl (C=O) groups excluding carboxylic acids is 1. The van der Waals surface area contributed by atoms with Gasteiger partial charge in [-0.3, -0.25) is 9.52 Å². The summed E-state index contributed by atoms with van der Waals surface area (Å²) in [5.74, 6) is 1.45. The number of carbonyl (C=O) groups is 1. The van der Waals surface area contributed by atoms with E-state index in [4.69, 9.17) is 25.8 Å². The highest BCUT2D eigenvalue weighted by molar-refractivity contribution is 7.92. The van der Waals surface area contributed by atoms with Gasteiger partial charge in [0.1, 0.15) is 17.2 Å². The smallest absolute Gasteiger partial charge is 0.262 e. The minimum Gasteiger partial charge on any atom is -0.494 e. The number of para-hydroxylation sites is 3. The van der Waals surface area contributed by atoms with E-state index in [9.17, 15) is 13.2 Å². The van der Waals surface area contributed by atoms with Crippen LogP contribution in [0.15, 0.2) is 102 Å². The van der Waals surface area contributed by atoms with Crippen LogP contribution in [0.4, 0.5) is 11.4 Å². The standard InChI is InChI=1S/C28H25ClN2O6S/c1-2-35-21-14-12-20(13-15-21)31-38(33,34)23-16-17-26(24(29)18-23)36-19-28(32)30-25-10-6-7-11-27(25)37-22-8-4-3-5-9-22/h3-18,31H,2,19H2,1H3,(H,30,32). The van der Waals surface area contributed by atoms with Gasteiger partial charge >= 0.3 is 0 Å². The first kappa shape index (κ1) is 26.8. The average Bonchev–Trinajstić information content (AvgIpc) is 2.91. The zero-order chi connectivity index (χ0) is 27.0. The van der Waals surface area contributed by atoms with Gasteiger partial charge in [0.05, 0.1) is 22.2 Å². The Morgan fingerprint density at radius 1 is 0.816 bits per heavy atom. The summed E-state index contributed by atoms with van der Waals surface area (Å²) in [7, 11) is -3.90. The van der Waals surface area contributed by atoms with E-state index >= 15 is 0 Å². The molecule has 2 N–H and O–H groups in total. The Labute approximate surface area is 226 Å². The third-order valence-corrected chi connectivity index (χ3v) is 6.80. The van der Waals surface area contributed by atoms with Crippen LogP contribution in [0.25, 0.3) is 0 Å². The topological polar surface area (TPSA) is 103 Å². The molecular weight excluding hydrogens is 528 g/mol.